The zero-order valence-corrected chi connectivity index (χ0v) is 11.0. The van der Waals surface area contributed by atoms with Crippen molar-refractivity contribution in [3.8, 4) is 22.6 Å². The topological polar surface area (TPSA) is 35.5 Å². The van der Waals surface area contributed by atoms with Gasteiger partial charge in [0, 0.05) is 12.8 Å². The minimum absolute atomic E-state index is 0.297. The second-order valence-electron chi connectivity index (χ2n) is 5.27. The molecule has 0 fully saturated rings. The summed E-state index contributed by atoms with van der Waals surface area (Å²) < 4.78 is 10.8. The van der Waals surface area contributed by atoms with Gasteiger partial charge in [-0.3, -0.25) is 4.79 Å². The summed E-state index contributed by atoms with van der Waals surface area (Å²) in [6.45, 7) is 0.297. The molecule has 3 nitrogen and oxygen atoms in total. The Labute approximate surface area is 117 Å². The molecule has 2 aromatic rings. The van der Waals surface area contributed by atoms with Gasteiger partial charge in [-0.1, -0.05) is 24.3 Å². The SMILES string of the molecule is O=C1CCc2cc(-c3ccc4c(c3)OCO4)ccc2C1. The minimum Gasteiger partial charge on any atom is -0.454 e. The fraction of sp³-hybridized carbons (Fsp3) is 0.235. The van der Waals surface area contributed by atoms with E-state index >= 15 is 0 Å². The Kier molecular flexibility index (Phi) is 2.52. The van der Waals surface area contributed by atoms with Crippen LogP contribution in [0.25, 0.3) is 11.1 Å². The molecule has 4 rings (SSSR count). The first-order chi connectivity index (χ1) is 9.79. The maximum Gasteiger partial charge on any atom is 0.231 e. The molecule has 0 spiro atoms. The third kappa shape index (κ3) is 1.86. The third-order valence-electron chi connectivity index (χ3n) is 3.97. The molecular weight excluding hydrogens is 252 g/mol. The van der Waals surface area contributed by atoms with E-state index in [9.17, 15) is 4.79 Å². The van der Waals surface area contributed by atoms with Gasteiger partial charge in [0.1, 0.15) is 5.78 Å². The van der Waals surface area contributed by atoms with Gasteiger partial charge in [0.25, 0.3) is 0 Å². The van der Waals surface area contributed by atoms with Crippen LogP contribution in [0.4, 0.5) is 0 Å². The number of benzene rings is 2. The van der Waals surface area contributed by atoms with Gasteiger partial charge in [-0.05, 0) is 40.8 Å². The second-order valence-corrected chi connectivity index (χ2v) is 5.27. The number of carbonyl (C=O) groups excluding carboxylic acids is 1. The Morgan fingerprint density at radius 2 is 1.60 bits per heavy atom. The molecular formula is C17H14O3. The average Bonchev–Trinajstić information content (AvgIpc) is 2.94. The minimum atomic E-state index is 0.297. The normalized spacial score (nSPS) is 16.1. The van der Waals surface area contributed by atoms with Crippen LogP contribution in [0.3, 0.4) is 0 Å². The van der Waals surface area contributed by atoms with E-state index in [1.54, 1.807) is 0 Å². The highest BCUT2D eigenvalue weighted by Gasteiger charge is 2.17. The van der Waals surface area contributed by atoms with Gasteiger partial charge in [-0.25, -0.2) is 0 Å². The second kappa shape index (κ2) is 4.37. The Morgan fingerprint density at radius 1 is 0.800 bits per heavy atom. The van der Waals surface area contributed by atoms with Gasteiger partial charge >= 0.3 is 0 Å². The van der Waals surface area contributed by atoms with Crippen molar-refractivity contribution in [2.24, 2.45) is 0 Å². The number of ketones is 1. The van der Waals surface area contributed by atoms with E-state index in [0.717, 1.165) is 29.0 Å². The van der Waals surface area contributed by atoms with Crippen molar-refractivity contribution in [3.05, 3.63) is 47.5 Å². The molecule has 3 heteroatoms. The molecule has 0 saturated heterocycles. The number of hydrogen-bond acceptors (Lipinski definition) is 3. The van der Waals surface area contributed by atoms with Crippen LogP contribution >= 0.6 is 0 Å². The molecule has 0 saturated carbocycles. The molecule has 0 amide bonds. The summed E-state index contributed by atoms with van der Waals surface area (Å²) in [4.78, 5) is 11.5. The summed E-state index contributed by atoms with van der Waals surface area (Å²) >= 11 is 0. The third-order valence-corrected chi connectivity index (χ3v) is 3.97. The quantitative estimate of drug-likeness (QED) is 0.795. The lowest BCUT2D eigenvalue weighted by Crippen LogP contribution is -2.12. The molecule has 0 atom stereocenters. The van der Waals surface area contributed by atoms with Crippen LogP contribution in [0.15, 0.2) is 36.4 Å². The molecule has 20 heavy (non-hydrogen) atoms. The molecule has 0 aromatic heterocycles. The maximum atomic E-state index is 11.5. The lowest BCUT2D eigenvalue weighted by atomic mass is 9.88. The lowest BCUT2D eigenvalue weighted by molar-refractivity contribution is -0.118. The van der Waals surface area contributed by atoms with Crippen LogP contribution in [0.2, 0.25) is 0 Å². The highest BCUT2D eigenvalue weighted by atomic mass is 16.7. The number of fused-ring (bicyclic) bond motifs is 2. The molecule has 2 aromatic carbocycles. The predicted molar refractivity (Wildman–Crippen MR) is 75.0 cm³/mol. The first-order valence-electron chi connectivity index (χ1n) is 6.83. The number of ether oxygens (including phenoxy) is 2. The number of rotatable bonds is 1. The van der Waals surface area contributed by atoms with Crippen molar-refractivity contribution in [3.63, 3.8) is 0 Å². The molecule has 0 unspecified atom stereocenters. The van der Waals surface area contributed by atoms with E-state index in [4.69, 9.17) is 9.47 Å². The van der Waals surface area contributed by atoms with Crippen LogP contribution in [0.1, 0.15) is 17.5 Å². The van der Waals surface area contributed by atoms with E-state index < -0.39 is 0 Å². The van der Waals surface area contributed by atoms with Gasteiger partial charge < -0.3 is 9.47 Å². The Morgan fingerprint density at radius 3 is 2.55 bits per heavy atom. The van der Waals surface area contributed by atoms with Crippen molar-refractivity contribution in [2.45, 2.75) is 19.3 Å². The van der Waals surface area contributed by atoms with Crippen LogP contribution < -0.4 is 9.47 Å². The smallest absolute Gasteiger partial charge is 0.231 e. The summed E-state index contributed by atoms with van der Waals surface area (Å²) in [5.74, 6) is 1.95. The van der Waals surface area contributed by atoms with Crippen molar-refractivity contribution in [1.82, 2.24) is 0 Å². The zero-order chi connectivity index (χ0) is 13.5. The van der Waals surface area contributed by atoms with Crippen LogP contribution in [0.5, 0.6) is 11.5 Å². The first-order valence-corrected chi connectivity index (χ1v) is 6.83. The van der Waals surface area contributed by atoms with Gasteiger partial charge in [-0.2, -0.15) is 0 Å². The summed E-state index contributed by atoms with van der Waals surface area (Å²) in [6.07, 6.45) is 2.10. The molecule has 0 N–H and O–H groups in total. The number of Topliss-reactive ketones (excluding diaryl/α,β-unsaturated/α-hetero) is 1. The molecule has 1 heterocycles. The molecule has 2 aliphatic rings. The Balaban J connectivity index is 1.74. The lowest BCUT2D eigenvalue weighted by Gasteiger charge is -2.16. The molecule has 0 radical (unpaired) electrons. The summed E-state index contributed by atoms with van der Waals surface area (Å²) in [5.41, 5.74) is 4.75. The first kappa shape index (κ1) is 11.5. The van der Waals surface area contributed by atoms with E-state index in [1.807, 2.05) is 18.2 Å². The van der Waals surface area contributed by atoms with Crippen LogP contribution in [0, 0.1) is 0 Å². The standard InChI is InChI=1S/C17H14O3/c18-15-5-3-12-7-11(1-2-13(12)8-15)14-4-6-16-17(9-14)20-10-19-16/h1-2,4,6-7,9H,3,5,8,10H2. The van der Waals surface area contributed by atoms with E-state index in [1.165, 1.54) is 11.1 Å². The number of carbonyl (C=O) groups is 1. The monoisotopic (exact) mass is 266 g/mol. The van der Waals surface area contributed by atoms with Crippen LogP contribution in [-0.4, -0.2) is 12.6 Å². The molecule has 100 valence electrons. The number of aryl methyl sites for hydroxylation is 1. The number of hydrogen-bond donors (Lipinski definition) is 0. The summed E-state index contributed by atoms with van der Waals surface area (Å²) in [6, 6.07) is 12.3. The van der Waals surface area contributed by atoms with E-state index in [-0.39, 0.29) is 0 Å². The average molecular weight is 266 g/mol. The Bertz CT molecular complexity index is 703. The van der Waals surface area contributed by atoms with Crippen LogP contribution in [-0.2, 0) is 17.6 Å². The molecule has 1 aliphatic heterocycles. The van der Waals surface area contributed by atoms with Gasteiger partial charge in [0.15, 0.2) is 11.5 Å². The van der Waals surface area contributed by atoms with Crippen molar-refractivity contribution in [1.29, 1.82) is 0 Å². The highest BCUT2D eigenvalue weighted by molar-refractivity contribution is 5.83. The predicted octanol–water partition coefficient (Wildman–Crippen LogP) is 3.14. The maximum absolute atomic E-state index is 11.5. The van der Waals surface area contributed by atoms with Gasteiger partial charge in [-0.15, -0.1) is 0 Å². The van der Waals surface area contributed by atoms with Gasteiger partial charge in [0.2, 0.25) is 6.79 Å². The van der Waals surface area contributed by atoms with Crippen molar-refractivity contribution in [2.75, 3.05) is 6.79 Å². The van der Waals surface area contributed by atoms with E-state index in [0.29, 0.717) is 25.4 Å². The molecule has 1 aliphatic carbocycles. The van der Waals surface area contributed by atoms with E-state index in [2.05, 4.69) is 18.2 Å². The fourth-order valence-corrected chi connectivity index (χ4v) is 2.86. The van der Waals surface area contributed by atoms with Crippen molar-refractivity contribution < 1.29 is 14.3 Å². The molecule has 0 bridgehead atoms. The summed E-state index contributed by atoms with van der Waals surface area (Å²) in [7, 11) is 0. The highest BCUT2D eigenvalue weighted by Crippen LogP contribution is 2.36. The largest absolute Gasteiger partial charge is 0.454 e. The van der Waals surface area contributed by atoms with Gasteiger partial charge in [0.05, 0.1) is 0 Å². The Hall–Kier alpha value is -2.29. The zero-order valence-electron chi connectivity index (χ0n) is 11.0. The summed E-state index contributed by atoms with van der Waals surface area (Å²) in [5, 5.41) is 0. The fourth-order valence-electron chi connectivity index (χ4n) is 2.86. The van der Waals surface area contributed by atoms with Crippen molar-refractivity contribution >= 4 is 5.78 Å².